The van der Waals surface area contributed by atoms with Crippen molar-refractivity contribution in [3.63, 3.8) is 0 Å². The van der Waals surface area contributed by atoms with E-state index in [9.17, 15) is 0 Å². The van der Waals surface area contributed by atoms with Gasteiger partial charge in [-0.15, -0.1) is 0 Å². The van der Waals surface area contributed by atoms with Gasteiger partial charge < -0.3 is 5.73 Å². The van der Waals surface area contributed by atoms with Gasteiger partial charge in [-0.2, -0.15) is 11.8 Å². The van der Waals surface area contributed by atoms with Gasteiger partial charge in [0.2, 0.25) is 0 Å². The van der Waals surface area contributed by atoms with Gasteiger partial charge in [-0.05, 0) is 30.9 Å². The Labute approximate surface area is 125 Å². The molecular weight excluding hydrogens is 250 g/mol. The third kappa shape index (κ3) is 8.96. The summed E-state index contributed by atoms with van der Waals surface area (Å²) in [6, 6.07) is 0.441. The van der Waals surface area contributed by atoms with Crippen molar-refractivity contribution < 1.29 is 0 Å². The maximum Gasteiger partial charge on any atom is 0.0199 e. The van der Waals surface area contributed by atoms with Crippen LogP contribution in [0, 0.1) is 5.92 Å². The van der Waals surface area contributed by atoms with Gasteiger partial charge in [-0.25, -0.2) is 0 Å². The first-order chi connectivity index (χ1) is 9.20. The predicted octanol–water partition coefficient (Wildman–Crippen LogP) is 5.38. The lowest BCUT2D eigenvalue weighted by molar-refractivity contribution is 0.473. The van der Waals surface area contributed by atoms with Gasteiger partial charge in [0, 0.05) is 11.3 Å². The van der Waals surface area contributed by atoms with Crippen LogP contribution in [0.1, 0.15) is 84.5 Å². The summed E-state index contributed by atoms with van der Waals surface area (Å²) in [5.74, 6) is 2.13. The van der Waals surface area contributed by atoms with Gasteiger partial charge in [-0.3, -0.25) is 0 Å². The van der Waals surface area contributed by atoms with Crippen LogP contribution < -0.4 is 5.73 Å². The van der Waals surface area contributed by atoms with E-state index in [2.05, 4.69) is 25.6 Å². The monoisotopic (exact) mass is 285 g/mol. The molecule has 1 saturated carbocycles. The highest BCUT2D eigenvalue weighted by Gasteiger charge is 2.18. The molecule has 0 amide bonds. The van der Waals surface area contributed by atoms with Crippen LogP contribution in [-0.4, -0.2) is 17.0 Å². The molecule has 2 heteroatoms. The molecular formula is C17H35NS. The zero-order valence-electron chi connectivity index (χ0n) is 13.2. The molecule has 0 aromatic rings. The van der Waals surface area contributed by atoms with Crippen LogP contribution in [0.5, 0.6) is 0 Å². The highest BCUT2D eigenvalue weighted by Crippen LogP contribution is 2.26. The van der Waals surface area contributed by atoms with E-state index in [-0.39, 0.29) is 0 Å². The topological polar surface area (TPSA) is 26.0 Å². The zero-order valence-corrected chi connectivity index (χ0v) is 14.0. The first kappa shape index (κ1) is 17.4. The van der Waals surface area contributed by atoms with Crippen molar-refractivity contribution in [3.8, 4) is 0 Å². The van der Waals surface area contributed by atoms with Gasteiger partial charge in [-0.1, -0.05) is 65.2 Å². The maximum atomic E-state index is 6.46. The van der Waals surface area contributed by atoms with Gasteiger partial charge in [0.05, 0.1) is 0 Å². The third-order valence-corrected chi connectivity index (χ3v) is 5.77. The van der Waals surface area contributed by atoms with Crippen molar-refractivity contribution in [3.05, 3.63) is 0 Å². The molecule has 2 atom stereocenters. The molecule has 1 aliphatic carbocycles. The first-order valence-corrected chi connectivity index (χ1v) is 9.62. The molecule has 0 aliphatic heterocycles. The van der Waals surface area contributed by atoms with E-state index in [0.717, 1.165) is 11.2 Å². The van der Waals surface area contributed by atoms with Crippen LogP contribution in [0.25, 0.3) is 0 Å². The fraction of sp³-hybridized carbons (Fsp3) is 1.00. The standard InChI is InChI=1S/C17H35NS/c1-15(2)13-14-19-17-12-10-8-6-4-3-5-7-9-11-16(17)18/h15-17H,3-14,18H2,1-2H3. The molecule has 1 fully saturated rings. The maximum absolute atomic E-state index is 6.46. The summed E-state index contributed by atoms with van der Waals surface area (Å²) in [5, 5.41) is 0.721. The number of nitrogens with two attached hydrogens (primary N) is 1. The smallest absolute Gasteiger partial charge is 0.0199 e. The van der Waals surface area contributed by atoms with Crippen molar-refractivity contribution in [2.75, 3.05) is 5.75 Å². The van der Waals surface area contributed by atoms with E-state index in [0.29, 0.717) is 6.04 Å². The van der Waals surface area contributed by atoms with E-state index < -0.39 is 0 Å². The molecule has 0 aromatic heterocycles. The van der Waals surface area contributed by atoms with Crippen molar-refractivity contribution >= 4 is 11.8 Å². The SMILES string of the molecule is CC(C)CCSC1CCCCCCCCCCC1N. The Morgan fingerprint density at radius 2 is 1.42 bits per heavy atom. The number of hydrogen-bond acceptors (Lipinski definition) is 2. The van der Waals surface area contributed by atoms with Crippen molar-refractivity contribution in [2.45, 2.75) is 95.8 Å². The molecule has 114 valence electrons. The molecule has 1 rings (SSSR count). The normalized spacial score (nSPS) is 27.8. The molecule has 0 aromatic carbocycles. The second-order valence-corrected chi connectivity index (χ2v) is 8.01. The third-order valence-electron chi connectivity index (χ3n) is 4.28. The van der Waals surface area contributed by atoms with Crippen LogP contribution in [0.2, 0.25) is 0 Å². The Kier molecular flexibility index (Phi) is 10.1. The minimum atomic E-state index is 0.441. The van der Waals surface area contributed by atoms with Crippen LogP contribution >= 0.6 is 11.8 Å². The van der Waals surface area contributed by atoms with E-state index in [4.69, 9.17) is 5.73 Å². The lowest BCUT2D eigenvalue weighted by Crippen LogP contribution is -2.33. The first-order valence-electron chi connectivity index (χ1n) is 8.57. The lowest BCUT2D eigenvalue weighted by Gasteiger charge is -2.24. The van der Waals surface area contributed by atoms with Crippen LogP contribution in [-0.2, 0) is 0 Å². The zero-order chi connectivity index (χ0) is 13.9. The quantitative estimate of drug-likeness (QED) is 0.751. The molecule has 0 spiro atoms. The summed E-state index contributed by atoms with van der Waals surface area (Å²) in [6.45, 7) is 4.64. The molecule has 2 unspecified atom stereocenters. The van der Waals surface area contributed by atoms with Crippen LogP contribution in [0.15, 0.2) is 0 Å². The van der Waals surface area contributed by atoms with Crippen LogP contribution in [0.3, 0.4) is 0 Å². The number of rotatable bonds is 4. The van der Waals surface area contributed by atoms with E-state index in [1.54, 1.807) is 0 Å². The molecule has 0 radical (unpaired) electrons. The second-order valence-electron chi connectivity index (χ2n) is 6.66. The molecule has 0 bridgehead atoms. The molecule has 1 aliphatic rings. The molecule has 0 saturated heterocycles. The lowest BCUT2D eigenvalue weighted by atomic mass is 9.98. The summed E-state index contributed by atoms with van der Waals surface area (Å²) < 4.78 is 0. The average Bonchev–Trinajstić information content (AvgIpc) is 2.36. The Morgan fingerprint density at radius 3 is 2.00 bits per heavy atom. The molecule has 19 heavy (non-hydrogen) atoms. The predicted molar refractivity (Wildman–Crippen MR) is 89.8 cm³/mol. The summed E-state index contributed by atoms with van der Waals surface area (Å²) in [7, 11) is 0. The van der Waals surface area contributed by atoms with Gasteiger partial charge in [0.25, 0.3) is 0 Å². The Balaban J connectivity index is 2.33. The van der Waals surface area contributed by atoms with E-state index in [1.165, 1.54) is 76.4 Å². The van der Waals surface area contributed by atoms with Gasteiger partial charge in [0.1, 0.15) is 0 Å². The summed E-state index contributed by atoms with van der Waals surface area (Å²) >= 11 is 2.16. The van der Waals surface area contributed by atoms with Crippen molar-refractivity contribution in [2.24, 2.45) is 11.7 Å². The average molecular weight is 286 g/mol. The Morgan fingerprint density at radius 1 is 0.895 bits per heavy atom. The Bertz CT molecular complexity index is 205. The molecule has 0 heterocycles. The Hall–Kier alpha value is 0.310. The summed E-state index contributed by atoms with van der Waals surface area (Å²) in [6.07, 6.45) is 15.3. The minimum absolute atomic E-state index is 0.441. The summed E-state index contributed by atoms with van der Waals surface area (Å²) in [4.78, 5) is 0. The number of hydrogen-bond donors (Lipinski definition) is 1. The fourth-order valence-corrected chi connectivity index (χ4v) is 4.48. The van der Waals surface area contributed by atoms with E-state index in [1.807, 2.05) is 0 Å². The van der Waals surface area contributed by atoms with Crippen molar-refractivity contribution in [1.82, 2.24) is 0 Å². The number of thioether (sulfide) groups is 1. The van der Waals surface area contributed by atoms with Crippen molar-refractivity contribution in [1.29, 1.82) is 0 Å². The van der Waals surface area contributed by atoms with E-state index >= 15 is 0 Å². The highest BCUT2D eigenvalue weighted by atomic mass is 32.2. The largest absolute Gasteiger partial charge is 0.327 e. The summed E-state index contributed by atoms with van der Waals surface area (Å²) in [5.41, 5.74) is 6.46. The second kappa shape index (κ2) is 11.0. The minimum Gasteiger partial charge on any atom is -0.327 e. The van der Waals surface area contributed by atoms with Gasteiger partial charge in [0.15, 0.2) is 0 Å². The molecule has 2 N–H and O–H groups in total. The molecule has 1 nitrogen and oxygen atoms in total. The van der Waals surface area contributed by atoms with Crippen LogP contribution in [0.4, 0.5) is 0 Å². The highest BCUT2D eigenvalue weighted by molar-refractivity contribution is 7.99. The van der Waals surface area contributed by atoms with Gasteiger partial charge >= 0.3 is 0 Å². The fourth-order valence-electron chi connectivity index (χ4n) is 2.85.